The quantitative estimate of drug-likeness (QED) is 0.901. The largest absolute Gasteiger partial charge is 0.384 e. The lowest BCUT2D eigenvalue weighted by molar-refractivity contribution is 0.922. The number of pyridine rings is 1. The Bertz CT molecular complexity index is 512. The highest BCUT2D eigenvalue weighted by Crippen LogP contribution is 2.24. The summed E-state index contributed by atoms with van der Waals surface area (Å²) in [5, 5.41) is 5.44. The molecule has 0 saturated carbocycles. The van der Waals surface area contributed by atoms with Crippen molar-refractivity contribution in [2.45, 2.75) is 13.5 Å². The molecule has 2 aromatic rings. The molecular formula is C13H16BrN3S. The molecule has 0 amide bonds. The van der Waals surface area contributed by atoms with Crippen molar-refractivity contribution < 1.29 is 0 Å². The molecule has 0 aliphatic heterocycles. The van der Waals surface area contributed by atoms with E-state index in [1.807, 2.05) is 12.4 Å². The number of aromatic nitrogens is 1. The fourth-order valence-electron chi connectivity index (χ4n) is 1.73. The fraction of sp³-hybridized carbons (Fsp3) is 0.308. The van der Waals surface area contributed by atoms with E-state index in [4.69, 9.17) is 0 Å². The van der Waals surface area contributed by atoms with Crippen LogP contribution >= 0.6 is 27.3 Å². The highest BCUT2D eigenvalue weighted by molar-refractivity contribution is 9.11. The number of thiophene rings is 1. The van der Waals surface area contributed by atoms with E-state index in [1.165, 1.54) is 9.35 Å². The van der Waals surface area contributed by atoms with Crippen LogP contribution in [0.4, 0.5) is 11.4 Å². The van der Waals surface area contributed by atoms with E-state index >= 15 is 0 Å². The second-order valence-corrected chi connectivity index (χ2v) is 6.37. The number of rotatable bonds is 5. The van der Waals surface area contributed by atoms with Crippen molar-refractivity contribution in [2.24, 2.45) is 0 Å². The van der Waals surface area contributed by atoms with Gasteiger partial charge in [0.25, 0.3) is 0 Å². The van der Waals surface area contributed by atoms with E-state index in [1.54, 1.807) is 11.3 Å². The Kier molecular flexibility index (Phi) is 4.60. The zero-order valence-corrected chi connectivity index (χ0v) is 12.9. The van der Waals surface area contributed by atoms with Crippen molar-refractivity contribution in [1.29, 1.82) is 0 Å². The fourth-order valence-corrected chi connectivity index (χ4v) is 2.93. The van der Waals surface area contributed by atoms with Crippen LogP contribution in [0.15, 0.2) is 33.7 Å². The Balaban J connectivity index is 2.08. The van der Waals surface area contributed by atoms with E-state index in [0.717, 1.165) is 24.5 Å². The van der Waals surface area contributed by atoms with Gasteiger partial charge in [-0.15, -0.1) is 11.3 Å². The maximum atomic E-state index is 4.26. The Hall–Kier alpha value is -1.07. The van der Waals surface area contributed by atoms with Gasteiger partial charge < -0.3 is 10.2 Å². The van der Waals surface area contributed by atoms with E-state index in [-0.39, 0.29) is 0 Å². The maximum absolute atomic E-state index is 4.26. The van der Waals surface area contributed by atoms with Crippen LogP contribution in [0.25, 0.3) is 0 Å². The zero-order chi connectivity index (χ0) is 13.0. The van der Waals surface area contributed by atoms with E-state index in [2.05, 4.69) is 62.6 Å². The predicted octanol–water partition coefficient (Wildman–Crippen LogP) is 3.97. The molecule has 18 heavy (non-hydrogen) atoms. The molecule has 2 aromatic heterocycles. The van der Waals surface area contributed by atoms with E-state index in [9.17, 15) is 0 Å². The van der Waals surface area contributed by atoms with E-state index < -0.39 is 0 Å². The lowest BCUT2D eigenvalue weighted by atomic mass is 10.3. The van der Waals surface area contributed by atoms with Crippen LogP contribution in [0, 0.1) is 0 Å². The molecule has 0 atom stereocenters. The molecule has 0 aromatic carbocycles. The summed E-state index contributed by atoms with van der Waals surface area (Å²) in [5.41, 5.74) is 3.49. The van der Waals surface area contributed by atoms with Crippen molar-refractivity contribution in [3.8, 4) is 0 Å². The second kappa shape index (κ2) is 6.20. The number of halogens is 1. The molecule has 96 valence electrons. The number of hydrogen-bond donors (Lipinski definition) is 1. The molecule has 0 aliphatic rings. The summed E-state index contributed by atoms with van der Waals surface area (Å²) in [4.78, 5) is 6.46. The van der Waals surface area contributed by atoms with E-state index in [0.29, 0.717) is 0 Å². The minimum absolute atomic E-state index is 0.888. The summed E-state index contributed by atoms with van der Waals surface area (Å²) in [6.45, 7) is 3.88. The first kappa shape index (κ1) is 13.4. The van der Waals surface area contributed by atoms with Gasteiger partial charge in [-0.3, -0.25) is 4.98 Å². The van der Waals surface area contributed by atoms with Gasteiger partial charge in [0.15, 0.2) is 0 Å². The van der Waals surface area contributed by atoms with Gasteiger partial charge in [0.1, 0.15) is 0 Å². The van der Waals surface area contributed by atoms with Crippen LogP contribution in [0.2, 0.25) is 0 Å². The molecule has 0 bridgehead atoms. The molecule has 5 heteroatoms. The van der Waals surface area contributed by atoms with Crippen LogP contribution in [-0.4, -0.2) is 18.6 Å². The Morgan fingerprint density at radius 2 is 2.22 bits per heavy atom. The first-order chi connectivity index (χ1) is 8.69. The first-order valence-corrected chi connectivity index (χ1v) is 7.49. The molecule has 0 radical (unpaired) electrons. The third-order valence-corrected chi connectivity index (χ3v) is 4.14. The summed E-state index contributed by atoms with van der Waals surface area (Å²) in [7, 11) is 2.08. The number of nitrogens with zero attached hydrogens (tertiary/aromatic N) is 2. The molecule has 1 N–H and O–H groups in total. The Labute approximate surface area is 120 Å². The molecule has 0 fully saturated rings. The zero-order valence-electron chi connectivity index (χ0n) is 10.5. The minimum Gasteiger partial charge on any atom is -0.384 e. The average molecular weight is 326 g/mol. The molecule has 2 heterocycles. The molecule has 0 saturated heterocycles. The van der Waals surface area contributed by atoms with Crippen LogP contribution in [0.3, 0.4) is 0 Å². The highest BCUT2D eigenvalue weighted by Gasteiger charge is 2.05. The third kappa shape index (κ3) is 3.46. The number of anilines is 2. The summed E-state index contributed by atoms with van der Waals surface area (Å²) in [5.74, 6) is 0. The van der Waals surface area contributed by atoms with Gasteiger partial charge in [-0.05, 0) is 45.9 Å². The molecule has 2 rings (SSSR count). The summed E-state index contributed by atoms with van der Waals surface area (Å²) >= 11 is 5.20. The molecule has 0 unspecified atom stereocenters. The normalized spacial score (nSPS) is 10.4. The molecular weight excluding hydrogens is 310 g/mol. The van der Waals surface area contributed by atoms with Gasteiger partial charge in [0, 0.05) is 20.1 Å². The van der Waals surface area contributed by atoms with Gasteiger partial charge in [-0.1, -0.05) is 0 Å². The predicted molar refractivity (Wildman–Crippen MR) is 82.5 cm³/mol. The average Bonchev–Trinajstić information content (AvgIpc) is 2.75. The summed E-state index contributed by atoms with van der Waals surface area (Å²) in [6, 6.07) is 4.28. The lowest BCUT2D eigenvalue weighted by Gasteiger charge is -2.19. The highest BCUT2D eigenvalue weighted by atomic mass is 79.9. The van der Waals surface area contributed by atoms with Crippen molar-refractivity contribution in [1.82, 2.24) is 4.98 Å². The van der Waals surface area contributed by atoms with Crippen molar-refractivity contribution in [2.75, 3.05) is 23.8 Å². The van der Waals surface area contributed by atoms with Gasteiger partial charge in [-0.25, -0.2) is 0 Å². The van der Waals surface area contributed by atoms with Crippen LogP contribution in [0.5, 0.6) is 0 Å². The van der Waals surface area contributed by atoms with Gasteiger partial charge in [-0.2, -0.15) is 0 Å². The maximum Gasteiger partial charge on any atom is 0.0701 e. The number of nitrogens with one attached hydrogen (secondary N) is 1. The monoisotopic (exact) mass is 325 g/mol. The molecule has 0 spiro atoms. The summed E-state index contributed by atoms with van der Waals surface area (Å²) in [6.07, 6.45) is 3.74. The van der Waals surface area contributed by atoms with Gasteiger partial charge >= 0.3 is 0 Å². The smallest absolute Gasteiger partial charge is 0.0701 e. The van der Waals surface area contributed by atoms with Crippen LogP contribution in [-0.2, 0) is 6.54 Å². The standard InChI is InChI=1S/C13H16BrN3S/c1-3-16-11-5-12(7-15-6-11)17(2)8-10-4-13(14)18-9-10/h4-7,9,16H,3,8H2,1-2H3. The third-order valence-electron chi connectivity index (χ3n) is 2.59. The SMILES string of the molecule is CCNc1cncc(N(C)Cc2csc(Br)c2)c1. The van der Waals surface area contributed by atoms with Crippen LogP contribution in [0.1, 0.15) is 12.5 Å². The number of hydrogen-bond acceptors (Lipinski definition) is 4. The van der Waals surface area contributed by atoms with Crippen LogP contribution < -0.4 is 10.2 Å². The van der Waals surface area contributed by atoms with Gasteiger partial charge in [0.2, 0.25) is 0 Å². The Morgan fingerprint density at radius 1 is 1.39 bits per heavy atom. The molecule has 3 nitrogen and oxygen atoms in total. The minimum atomic E-state index is 0.888. The summed E-state index contributed by atoms with van der Waals surface area (Å²) < 4.78 is 1.17. The second-order valence-electron chi connectivity index (χ2n) is 4.08. The lowest BCUT2D eigenvalue weighted by Crippen LogP contribution is -2.16. The van der Waals surface area contributed by atoms with Crippen molar-refractivity contribution in [3.05, 3.63) is 39.3 Å². The Morgan fingerprint density at radius 3 is 2.89 bits per heavy atom. The first-order valence-electron chi connectivity index (χ1n) is 5.82. The molecule has 0 aliphatic carbocycles. The van der Waals surface area contributed by atoms with Crippen molar-refractivity contribution in [3.63, 3.8) is 0 Å². The van der Waals surface area contributed by atoms with Crippen molar-refractivity contribution >= 4 is 38.6 Å². The topological polar surface area (TPSA) is 28.2 Å². The van der Waals surface area contributed by atoms with Gasteiger partial charge in [0.05, 0.1) is 27.6 Å².